The lowest BCUT2D eigenvalue weighted by atomic mass is 10.2. The van der Waals surface area contributed by atoms with Crippen molar-refractivity contribution in [3.63, 3.8) is 0 Å². The molecular weight excluding hydrogens is 212 g/mol. The summed E-state index contributed by atoms with van der Waals surface area (Å²) in [4.78, 5) is 4.32. The van der Waals surface area contributed by atoms with Gasteiger partial charge in [0, 0.05) is 18.0 Å². The molecule has 0 aliphatic heterocycles. The van der Waals surface area contributed by atoms with Crippen LogP contribution in [-0.2, 0) is 0 Å². The predicted molar refractivity (Wildman–Crippen MR) is 57.9 cm³/mol. The Morgan fingerprint density at radius 1 is 1.27 bits per heavy atom. The summed E-state index contributed by atoms with van der Waals surface area (Å²) in [6, 6.07) is 7.61. The van der Waals surface area contributed by atoms with Gasteiger partial charge in [-0.25, -0.2) is 0 Å². The van der Waals surface area contributed by atoms with Gasteiger partial charge in [-0.2, -0.15) is 4.98 Å². The van der Waals surface area contributed by atoms with Gasteiger partial charge in [0.2, 0.25) is 0 Å². The molecular formula is C11H7ClN2O. The van der Waals surface area contributed by atoms with Crippen LogP contribution in [-0.4, -0.2) is 9.38 Å². The number of hydrogen-bond donors (Lipinski definition) is 0. The van der Waals surface area contributed by atoms with E-state index in [1.807, 2.05) is 41.1 Å². The van der Waals surface area contributed by atoms with Crippen molar-refractivity contribution in [2.24, 2.45) is 0 Å². The van der Waals surface area contributed by atoms with Gasteiger partial charge in [0.15, 0.2) is 0 Å². The molecule has 0 N–H and O–H groups in total. The zero-order valence-electron chi connectivity index (χ0n) is 7.72. The van der Waals surface area contributed by atoms with E-state index < -0.39 is 0 Å². The number of halogens is 1. The number of oxazole rings is 1. The van der Waals surface area contributed by atoms with Crippen molar-refractivity contribution in [3.05, 3.63) is 47.9 Å². The summed E-state index contributed by atoms with van der Waals surface area (Å²) in [5, 5.41) is 0.693. The zero-order chi connectivity index (χ0) is 10.3. The van der Waals surface area contributed by atoms with Crippen molar-refractivity contribution in [2.45, 2.75) is 0 Å². The number of nitrogens with zero attached hydrogens (tertiary/aromatic N) is 2. The molecule has 0 saturated heterocycles. The van der Waals surface area contributed by atoms with E-state index in [0.717, 1.165) is 11.3 Å². The monoisotopic (exact) mass is 218 g/mol. The number of hydrogen-bond acceptors (Lipinski definition) is 2. The normalized spacial score (nSPS) is 11.0. The molecule has 0 unspecified atom stereocenters. The first kappa shape index (κ1) is 8.56. The quantitative estimate of drug-likeness (QED) is 0.628. The summed E-state index contributed by atoms with van der Waals surface area (Å²) in [6.45, 7) is 0. The van der Waals surface area contributed by atoms with E-state index in [1.54, 1.807) is 6.26 Å². The number of imidazole rings is 1. The molecule has 0 saturated carbocycles. The Labute approximate surface area is 90.9 Å². The van der Waals surface area contributed by atoms with Gasteiger partial charge in [-0.15, -0.1) is 0 Å². The molecule has 4 heteroatoms. The maximum absolute atomic E-state index is 6.07. The third-order valence-electron chi connectivity index (χ3n) is 2.24. The third kappa shape index (κ3) is 1.32. The van der Waals surface area contributed by atoms with Gasteiger partial charge in [-0.3, -0.25) is 4.40 Å². The van der Waals surface area contributed by atoms with Gasteiger partial charge in [0.1, 0.15) is 6.26 Å². The maximum atomic E-state index is 6.07. The summed E-state index contributed by atoms with van der Waals surface area (Å²) in [6.07, 6.45) is 5.29. The Balaban J connectivity index is 2.22. The summed E-state index contributed by atoms with van der Waals surface area (Å²) in [7, 11) is 0. The summed E-state index contributed by atoms with van der Waals surface area (Å²) >= 11 is 6.07. The van der Waals surface area contributed by atoms with Gasteiger partial charge >= 0.3 is 5.84 Å². The van der Waals surface area contributed by atoms with Crippen molar-refractivity contribution in [1.82, 2.24) is 9.38 Å². The minimum Gasteiger partial charge on any atom is -0.432 e. The summed E-state index contributed by atoms with van der Waals surface area (Å²) in [5.41, 5.74) is 1.73. The molecule has 15 heavy (non-hydrogen) atoms. The number of aromatic nitrogens is 2. The van der Waals surface area contributed by atoms with Crippen molar-refractivity contribution in [3.8, 4) is 11.3 Å². The molecule has 0 spiro atoms. The summed E-state index contributed by atoms with van der Waals surface area (Å²) in [5.74, 6) is 0.574. The second-order valence-electron chi connectivity index (χ2n) is 3.20. The number of fused-ring (bicyclic) bond motifs is 1. The second-order valence-corrected chi connectivity index (χ2v) is 3.61. The molecule has 3 aromatic rings. The lowest BCUT2D eigenvalue weighted by Gasteiger charge is -1.97. The first-order valence-electron chi connectivity index (χ1n) is 4.52. The first-order chi connectivity index (χ1) is 7.34. The molecule has 3 nitrogen and oxygen atoms in total. The van der Waals surface area contributed by atoms with Crippen molar-refractivity contribution >= 4 is 17.4 Å². The highest BCUT2D eigenvalue weighted by Gasteiger charge is 2.08. The fourth-order valence-electron chi connectivity index (χ4n) is 1.53. The van der Waals surface area contributed by atoms with E-state index in [1.165, 1.54) is 0 Å². The molecule has 0 amide bonds. The van der Waals surface area contributed by atoms with Crippen LogP contribution in [0.3, 0.4) is 0 Å². The van der Waals surface area contributed by atoms with Crippen molar-refractivity contribution < 1.29 is 4.42 Å². The average molecular weight is 219 g/mol. The standard InChI is InChI=1S/C11H7ClN2O/c12-9-4-2-1-3-8(9)10-7-14-5-6-15-11(14)13-10/h1-7H. The van der Waals surface area contributed by atoms with Crippen LogP contribution in [0.4, 0.5) is 0 Å². The Hall–Kier alpha value is -1.74. The third-order valence-corrected chi connectivity index (χ3v) is 2.57. The van der Waals surface area contributed by atoms with Gasteiger partial charge in [0.25, 0.3) is 0 Å². The molecule has 2 heterocycles. The Morgan fingerprint density at radius 3 is 2.93 bits per heavy atom. The molecule has 2 aromatic heterocycles. The fourth-order valence-corrected chi connectivity index (χ4v) is 1.76. The van der Waals surface area contributed by atoms with Gasteiger partial charge in [-0.1, -0.05) is 29.8 Å². The first-order valence-corrected chi connectivity index (χ1v) is 4.89. The molecule has 0 bridgehead atoms. The highest BCUT2D eigenvalue weighted by atomic mass is 35.5. The van der Waals surface area contributed by atoms with Crippen LogP contribution in [0.1, 0.15) is 0 Å². The Bertz CT molecular complexity index is 583. The van der Waals surface area contributed by atoms with E-state index in [4.69, 9.17) is 16.0 Å². The zero-order valence-corrected chi connectivity index (χ0v) is 8.48. The molecule has 0 fully saturated rings. The van der Waals surface area contributed by atoms with Crippen molar-refractivity contribution in [1.29, 1.82) is 0 Å². The van der Waals surface area contributed by atoms with Gasteiger partial charge in [0.05, 0.1) is 10.7 Å². The Morgan fingerprint density at radius 2 is 2.13 bits per heavy atom. The second kappa shape index (κ2) is 3.14. The van der Waals surface area contributed by atoms with Crippen LogP contribution >= 0.6 is 11.6 Å². The summed E-state index contributed by atoms with van der Waals surface area (Å²) < 4.78 is 6.99. The predicted octanol–water partition coefficient (Wildman–Crippen LogP) is 3.25. The minimum atomic E-state index is 0.574. The SMILES string of the molecule is Clc1ccccc1-c1cn2ccoc2n1. The van der Waals surface area contributed by atoms with E-state index >= 15 is 0 Å². The lowest BCUT2D eigenvalue weighted by Crippen LogP contribution is -1.77. The van der Waals surface area contributed by atoms with Gasteiger partial charge in [-0.05, 0) is 6.07 Å². The fraction of sp³-hybridized carbons (Fsp3) is 0. The molecule has 0 atom stereocenters. The van der Waals surface area contributed by atoms with Crippen LogP contribution in [0.2, 0.25) is 5.02 Å². The number of rotatable bonds is 1. The highest BCUT2D eigenvalue weighted by Crippen LogP contribution is 2.26. The van der Waals surface area contributed by atoms with Crippen LogP contribution < -0.4 is 0 Å². The van der Waals surface area contributed by atoms with Crippen molar-refractivity contribution in [2.75, 3.05) is 0 Å². The topological polar surface area (TPSA) is 30.4 Å². The van der Waals surface area contributed by atoms with Crippen LogP contribution in [0.5, 0.6) is 0 Å². The molecule has 0 radical (unpaired) electrons. The van der Waals surface area contributed by atoms with Gasteiger partial charge < -0.3 is 4.42 Å². The van der Waals surface area contributed by atoms with E-state index in [9.17, 15) is 0 Å². The van der Waals surface area contributed by atoms with E-state index in [2.05, 4.69) is 4.98 Å². The highest BCUT2D eigenvalue weighted by molar-refractivity contribution is 6.33. The van der Waals surface area contributed by atoms with E-state index in [-0.39, 0.29) is 0 Å². The minimum absolute atomic E-state index is 0.574. The lowest BCUT2D eigenvalue weighted by molar-refractivity contribution is 0.596. The molecule has 0 aliphatic carbocycles. The Kier molecular flexibility index (Phi) is 1.79. The molecule has 3 rings (SSSR count). The molecule has 1 aromatic carbocycles. The maximum Gasteiger partial charge on any atom is 0.306 e. The smallest absolute Gasteiger partial charge is 0.306 e. The van der Waals surface area contributed by atoms with Crippen LogP contribution in [0.25, 0.3) is 17.1 Å². The average Bonchev–Trinajstić information content (AvgIpc) is 2.77. The molecule has 0 aliphatic rings. The molecule has 74 valence electrons. The van der Waals surface area contributed by atoms with Crippen LogP contribution in [0.15, 0.2) is 47.3 Å². The van der Waals surface area contributed by atoms with E-state index in [0.29, 0.717) is 10.9 Å². The van der Waals surface area contributed by atoms with Crippen LogP contribution in [0, 0.1) is 0 Å². The number of benzene rings is 1. The largest absolute Gasteiger partial charge is 0.432 e.